The van der Waals surface area contributed by atoms with Crippen LogP contribution in [0, 0.1) is 5.92 Å². The van der Waals surface area contributed by atoms with Gasteiger partial charge < -0.3 is 20.9 Å². The molecule has 0 spiro atoms. The van der Waals surface area contributed by atoms with Crippen LogP contribution in [0.25, 0.3) is 0 Å². The third-order valence-corrected chi connectivity index (χ3v) is 5.00. The quantitative estimate of drug-likeness (QED) is 0.222. The Balaban J connectivity index is 0.00000392. The van der Waals surface area contributed by atoms with Crippen LogP contribution in [0.5, 0.6) is 0 Å². The largest absolute Gasteiger partial charge is 0.357 e. The van der Waals surface area contributed by atoms with E-state index in [2.05, 4.69) is 39.7 Å². The predicted molar refractivity (Wildman–Crippen MR) is 128 cm³/mol. The van der Waals surface area contributed by atoms with Gasteiger partial charge in [0.1, 0.15) is 0 Å². The minimum absolute atomic E-state index is 0. The summed E-state index contributed by atoms with van der Waals surface area (Å²) in [5.74, 6) is 1.64. The van der Waals surface area contributed by atoms with Gasteiger partial charge in [0.2, 0.25) is 0 Å². The first kappa shape index (κ1) is 24.7. The van der Waals surface area contributed by atoms with Crippen molar-refractivity contribution in [2.45, 2.75) is 39.7 Å². The van der Waals surface area contributed by atoms with E-state index in [0.717, 1.165) is 43.5 Å². The molecule has 1 aliphatic heterocycles. The molecule has 1 aromatic carbocycles. The second-order valence-corrected chi connectivity index (χ2v) is 7.28. The Labute approximate surface area is 187 Å². The average molecular weight is 501 g/mol. The molecule has 7 heteroatoms. The van der Waals surface area contributed by atoms with Crippen molar-refractivity contribution in [1.29, 1.82) is 0 Å². The molecule has 1 heterocycles. The summed E-state index contributed by atoms with van der Waals surface area (Å²) in [6.07, 6.45) is 3.77. The zero-order chi connectivity index (χ0) is 19.5. The number of benzene rings is 1. The Hall–Kier alpha value is -1.35. The van der Waals surface area contributed by atoms with Gasteiger partial charge in [-0.1, -0.05) is 19.1 Å². The zero-order valence-corrected chi connectivity index (χ0v) is 19.8. The van der Waals surface area contributed by atoms with Gasteiger partial charge >= 0.3 is 0 Å². The van der Waals surface area contributed by atoms with Crippen molar-refractivity contribution >= 4 is 35.8 Å². The number of guanidine groups is 1. The molecule has 1 aliphatic rings. The molecule has 0 radical (unpaired) electrons. The topological polar surface area (TPSA) is 68.8 Å². The summed E-state index contributed by atoms with van der Waals surface area (Å²) in [6.45, 7) is 10.3. The normalized spacial score (nSPS) is 15.6. The van der Waals surface area contributed by atoms with Crippen LogP contribution >= 0.6 is 24.0 Å². The van der Waals surface area contributed by atoms with Gasteiger partial charge in [0.05, 0.1) is 6.54 Å². The molecule has 0 unspecified atom stereocenters. The van der Waals surface area contributed by atoms with Crippen molar-refractivity contribution in [2.75, 3.05) is 39.8 Å². The Bertz CT molecular complexity index is 615. The van der Waals surface area contributed by atoms with E-state index < -0.39 is 0 Å². The fourth-order valence-electron chi connectivity index (χ4n) is 3.26. The highest BCUT2D eigenvalue weighted by Crippen LogP contribution is 2.15. The Kier molecular flexibility index (Phi) is 12.1. The summed E-state index contributed by atoms with van der Waals surface area (Å²) in [5, 5.41) is 9.37. The van der Waals surface area contributed by atoms with Gasteiger partial charge in [0.25, 0.3) is 5.91 Å². The Morgan fingerprint density at radius 2 is 2.00 bits per heavy atom. The van der Waals surface area contributed by atoms with Crippen LogP contribution in [0.15, 0.2) is 29.3 Å². The number of halogens is 1. The fraction of sp³-hybridized carbons (Fsp3) is 0.619. The molecule has 28 heavy (non-hydrogen) atoms. The van der Waals surface area contributed by atoms with Gasteiger partial charge in [-0.15, -0.1) is 24.0 Å². The first-order valence-corrected chi connectivity index (χ1v) is 10.2. The predicted octanol–water partition coefficient (Wildman–Crippen LogP) is 2.84. The number of likely N-dealkylation sites (tertiary alicyclic amines) is 1. The first-order valence-electron chi connectivity index (χ1n) is 10.2. The molecule has 0 saturated carbocycles. The molecule has 0 atom stereocenters. The van der Waals surface area contributed by atoms with Crippen LogP contribution in [0.2, 0.25) is 0 Å². The van der Waals surface area contributed by atoms with Crippen LogP contribution < -0.4 is 16.0 Å². The van der Waals surface area contributed by atoms with Crippen molar-refractivity contribution < 1.29 is 4.79 Å². The summed E-state index contributed by atoms with van der Waals surface area (Å²) >= 11 is 0. The van der Waals surface area contributed by atoms with Crippen LogP contribution in [0.4, 0.5) is 0 Å². The lowest BCUT2D eigenvalue weighted by Crippen LogP contribution is -2.39. The maximum Gasteiger partial charge on any atom is 0.251 e. The molecule has 1 saturated heterocycles. The number of nitrogens with zero attached hydrogens (tertiary/aromatic N) is 2. The number of aliphatic imine (C=N–C) groups is 1. The van der Waals surface area contributed by atoms with Gasteiger partial charge in [-0.2, -0.15) is 0 Å². The second kappa shape index (κ2) is 13.8. The van der Waals surface area contributed by atoms with Crippen LogP contribution in [0.1, 0.15) is 49.0 Å². The third-order valence-electron chi connectivity index (χ3n) is 5.00. The van der Waals surface area contributed by atoms with E-state index in [1.54, 1.807) is 7.05 Å². The second-order valence-electron chi connectivity index (χ2n) is 7.28. The minimum Gasteiger partial charge on any atom is -0.357 e. The molecule has 158 valence electrons. The van der Waals surface area contributed by atoms with Crippen molar-refractivity contribution in [3.8, 4) is 0 Å². The number of hydrogen-bond donors (Lipinski definition) is 3. The molecule has 1 fully saturated rings. The number of piperidine rings is 1. The van der Waals surface area contributed by atoms with E-state index in [1.807, 2.05) is 24.3 Å². The molecule has 0 aromatic heterocycles. The van der Waals surface area contributed by atoms with Gasteiger partial charge in [-0.05, 0) is 69.4 Å². The molecule has 0 aliphatic carbocycles. The number of amides is 1. The molecular weight excluding hydrogens is 465 g/mol. The number of carbonyl (C=O) groups is 1. The molecule has 0 bridgehead atoms. The van der Waals surface area contributed by atoms with Crippen molar-refractivity contribution in [3.63, 3.8) is 0 Å². The molecule has 3 N–H and O–H groups in total. The molecule has 1 aromatic rings. The molecule has 6 nitrogen and oxygen atoms in total. The molecule has 2 rings (SSSR count). The number of rotatable bonds is 8. The van der Waals surface area contributed by atoms with Crippen LogP contribution in [0.3, 0.4) is 0 Å². The minimum atomic E-state index is -0.0713. The van der Waals surface area contributed by atoms with E-state index in [-0.39, 0.29) is 29.9 Å². The first-order chi connectivity index (χ1) is 13.1. The lowest BCUT2D eigenvalue weighted by Gasteiger charge is -2.30. The number of nitrogens with one attached hydrogen (secondary N) is 3. The Morgan fingerprint density at radius 3 is 2.68 bits per heavy atom. The van der Waals surface area contributed by atoms with E-state index in [9.17, 15) is 4.79 Å². The van der Waals surface area contributed by atoms with E-state index in [0.29, 0.717) is 12.1 Å². The van der Waals surface area contributed by atoms with Crippen molar-refractivity contribution in [3.05, 3.63) is 35.4 Å². The monoisotopic (exact) mass is 501 g/mol. The summed E-state index contributed by atoms with van der Waals surface area (Å²) in [5.41, 5.74) is 1.69. The average Bonchev–Trinajstić information content (AvgIpc) is 2.70. The van der Waals surface area contributed by atoms with Crippen LogP contribution in [-0.4, -0.2) is 56.5 Å². The summed E-state index contributed by atoms with van der Waals surface area (Å²) in [7, 11) is 1.64. The van der Waals surface area contributed by atoms with E-state index in [4.69, 9.17) is 0 Å². The third kappa shape index (κ3) is 8.77. The highest BCUT2D eigenvalue weighted by Gasteiger charge is 2.14. The smallest absolute Gasteiger partial charge is 0.251 e. The lowest BCUT2D eigenvalue weighted by molar-refractivity contribution is 0.0963. The maximum absolute atomic E-state index is 11.8. The van der Waals surface area contributed by atoms with Gasteiger partial charge in [-0.25, -0.2) is 4.99 Å². The number of hydrogen-bond acceptors (Lipinski definition) is 3. The van der Waals surface area contributed by atoms with Crippen molar-refractivity contribution in [1.82, 2.24) is 20.9 Å². The summed E-state index contributed by atoms with van der Waals surface area (Å²) < 4.78 is 0. The highest BCUT2D eigenvalue weighted by atomic mass is 127. The summed E-state index contributed by atoms with van der Waals surface area (Å²) in [6, 6.07) is 7.60. The van der Waals surface area contributed by atoms with E-state index in [1.165, 1.54) is 25.9 Å². The number of carbonyl (C=O) groups excluding carboxylic acids is 1. The van der Waals surface area contributed by atoms with E-state index >= 15 is 0 Å². The standard InChI is InChI=1S/C21H35N5O.HI/c1-4-23-21(24-11-6-12-26-13-9-17(2)10-14-26)25-16-18-7-5-8-19(15-18)20(27)22-3;/h5,7-8,15,17H,4,6,9-14,16H2,1-3H3,(H,22,27)(H2,23,24,25);1H. The molecule has 1 amide bonds. The molecular formula is C21H36IN5O. The van der Waals surface area contributed by atoms with Gasteiger partial charge in [0, 0.05) is 25.7 Å². The van der Waals surface area contributed by atoms with Crippen molar-refractivity contribution in [2.24, 2.45) is 10.9 Å². The summed E-state index contributed by atoms with van der Waals surface area (Å²) in [4.78, 5) is 19.0. The lowest BCUT2D eigenvalue weighted by atomic mass is 9.99. The van der Waals surface area contributed by atoms with Crippen LogP contribution in [-0.2, 0) is 6.54 Å². The zero-order valence-electron chi connectivity index (χ0n) is 17.5. The maximum atomic E-state index is 11.8. The fourth-order valence-corrected chi connectivity index (χ4v) is 3.26. The Morgan fingerprint density at radius 1 is 1.25 bits per heavy atom. The SMILES string of the molecule is CCNC(=NCc1cccc(C(=O)NC)c1)NCCCN1CCC(C)CC1.I. The van der Waals surface area contributed by atoms with Gasteiger partial charge in [-0.3, -0.25) is 4.79 Å². The van der Waals surface area contributed by atoms with Gasteiger partial charge in [0.15, 0.2) is 5.96 Å². The highest BCUT2D eigenvalue weighted by molar-refractivity contribution is 14.0.